The van der Waals surface area contributed by atoms with Gasteiger partial charge in [0.15, 0.2) is 0 Å². The molecule has 0 fully saturated rings. The van der Waals surface area contributed by atoms with Gasteiger partial charge in [-0.25, -0.2) is 4.98 Å². The first-order chi connectivity index (χ1) is 4.33. The molecule has 0 N–H and O–H groups in total. The van der Waals surface area contributed by atoms with Crippen LogP contribution in [0.25, 0.3) is 0 Å². The van der Waals surface area contributed by atoms with Gasteiger partial charge in [0.1, 0.15) is 5.03 Å². The maximum Gasteiger partial charge on any atom is 0.309 e. The molecule has 1 rings (SSSR count). The van der Waals surface area contributed by atoms with E-state index >= 15 is 0 Å². The minimum Gasteiger partial charge on any atom is -0.211 e. The van der Waals surface area contributed by atoms with E-state index < -0.39 is 6.08 Å². The summed E-state index contributed by atoms with van der Waals surface area (Å²) in [5, 5.41) is 0.655. The van der Waals surface area contributed by atoms with Crippen molar-refractivity contribution < 1.29 is 4.39 Å². The van der Waals surface area contributed by atoms with Crippen LogP contribution in [0.3, 0.4) is 0 Å². The van der Waals surface area contributed by atoms with Gasteiger partial charge in [0.2, 0.25) is 0 Å². The first-order valence-corrected chi connectivity index (χ1v) is 3.58. The van der Waals surface area contributed by atoms with Crippen molar-refractivity contribution in [2.45, 2.75) is 5.03 Å². The Hall–Kier alpha value is -0.640. The summed E-state index contributed by atoms with van der Waals surface area (Å²) in [4.78, 5) is 6.77. The lowest BCUT2D eigenvalue weighted by atomic mass is 10.7. The predicted octanol–water partition coefficient (Wildman–Crippen LogP) is 1.34. The molecule has 0 spiro atoms. The van der Waals surface area contributed by atoms with Crippen molar-refractivity contribution in [1.29, 1.82) is 0 Å². The van der Waals surface area contributed by atoms with Gasteiger partial charge in [-0.1, -0.05) is 0 Å². The van der Waals surface area contributed by atoms with Crippen molar-refractivity contribution in [2.24, 2.45) is 0 Å². The quantitative estimate of drug-likeness (QED) is 0.338. The SMILES string of the molecule is CSc1ccnc(F)n1. The van der Waals surface area contributed by atoms with E-state index in [1.54, 1.807) is 6.07 Å². The van der Waals surface area contributed by atoms with E-state index in [1.807, 2.05) is 6.26 Å². The van der Waals surface area contributed by atoms with E-state index in [4.69, 9.17) is 0 Å². The minimum atomic E-state index is -0.665. The molecule has 1 aromatic rings. The van der Waals surface area contributed by atoms with Crippen LogP contribution in [0.1, 0.15) is 0 Å². The van der Waals surface area contributed by atoms with Gasteiger partial charge < -0.3 is 0 Å². The predicted molar refractivity (Wildman–Crippen MR) is 33.8 cm³/mol. The number of nitrogens with zero attached hydrogens (tertiary/aromatic N) is 2. The molecule has 0 saturated carbocycles. The highest BCUT2D eigenvalue weighted by molar-refractivity contribution is 7.98. The number of halogens is 1. The van der Waals surface area contributed by atoms with Crippen molar-refractivity contribution in [3.8, 4) is 0 Å². The van der Waals surface area contributed by atoms with Gasteiger partial charge in [0.05, 0.1) is 0 Å². The smallest absolute Gasteiger partial charge is 0.211 e. The Morgan fingerprint density at radius 2 is 2.44 bits per heavy atom. The highest BCUT2D eigenvalue weighted by Crippen LogP contribution is 2.08. The standard InChI is InChI=1S/C5H5FN2S/c1-9-4-2-3-7-5(6)8-4/h2-3H,1H3. The van der Waals surface area contributed by atoms with Crippen LogP contribution in [0.15, 0.2) is 17.3 Å². The first kappa shape index (κ1) is 6.48. The average Bonchev–Trinajstić information content (AvgIpc) is 1.88. The van der Waals surface area contributed by atoms with Gasteiger partial charge in [-0.2, -0.15) is 9.37 Å². The highest BCUT2D eigenvalue weighted by Gasteiger charge is 1.92. The molecule has 0 amide bonds. The Morgan fingerprint density at radius 1 is 1.67 bits per heavy atom. The van der Waals surface area contributed by atoms with Crippen molar-refractivity contribution in [3.63, 3.8) is 0 Å². The second kappa shape index (κ2) is 2.77. The Labute approximate surface area is 56.5 Å². The maximum absolute atomic E-state index is 12.1. The van der Waals surface area contributed by atoms with Crippen LogP contribution in [0, 0.1) is 6.08 Å². The molecular formula is C5H5FN2S. The number of hydrogen-bond acceptors (Lipinski definition) is 3. The van der Waals surface area contributed by atoms with Crippen molar-refractivity contribution in [3.05, 3.63) is 18.3 Å². The summed E-state index contributed by atoms with van der Waals surface area (Å²) in [6.45, 7) is 0. The third-order valence-electron chi connectivity index (χ3n) is 0.810. The molecule has 1 aromatic heterocycles. The summed E-state index contributed by atoms with van der Waals surface area (Å²) >= 11 is 1.39. The third-order valence-corrected chi connectivity index (χ3v) is 1.46. The van der Waals surface area contributed by atoms with Crippen LogP contribution in [0.2, 0.25) is 0 Å². The Kier molecular flexibility index (Phi) is 2.00. The summed E-state index contributed by atoms with van der Waals surface area (Å²) in [7, 11) is 0. The summed E-state index contributed by atoms with van der Waals surface area (Å²) in [5.74, 6) is 0. The minimum absolute atomic E-state index is 0.655. The van der Waals surface area contributed by atoms with Crippen molar-refractivity contribution in [1.82, 2.24) is 9.97 Å². The molecule has 9 heavy (non-hydrogen) atoms. The zero-order valence-corrected chi connectivity index (χ0v) is 5.65. The van der Waals surface area contributed by atoms with Gasteiger partial charge in [-0.05, 0) is 12.3 Å². The van der Waals surface area contributed by atoms with Crippen LogP contribution < -0.4 is 0 Å². The molecule has 0 aliphatic rings. The van der Waals surface area contributed by atoms with Gasteiger partial charge >= 0.3 is 6.08 Å². The van der Waals surface area contributed by atoms with E-state index in [-0.39, 0.29) is 0 Å². The Bertz CT molecular complexity index is 204. The van der Waals surface area contributed by atoms with Gasteiger partial charge in [0.25, 0.3) is 0 Å². The highest BCUT2D eigenvalue weighted by atomic mass is 32.2. The fourth-order valence-corrected chi connectivity index (χ4v) is 0.797. The number of hydrogen-bond donors (Lipinski definition) is 0. The zero-order valence-electron chi connectivity index (χ0n) is 4.84. The van der Waals surface area contributed by atoms with Crippen molar-refractivity contribution in [2.75, 3.05) is 6.26 Å². The molecular weight excluding hydrogens is 139 g/mol. The van der Waals surface area contributed by atoms with Gasteiger partial charge in [-0.3, -0.25) is 0 Å². The molecule has 0 atom stereocenters. The van der Waals surface area contributed by atoms with Crippen LogP contribution in [0.4, 0.5) is 4.39 Å². The molecule has 0 aromatic carbocycles. The number of aromatic nitrogens is 2. The van der Waals surface area contributed by atoms with Crippen LogP contribution >= 0.6 is 11.8 Å². The summed E-state index contributed by atoms with van der Waals surface area (Å²) < 4.78 is 12.1. The molecule has 0 unspecified atom stereocenters. The van der Waals surface area contributed by atoms with Gasteiger partial charge in [-0.15, -0.1) is 11.8 Å². The molecule has 2 nitrogen and oxygen atoms in total. The molecule has 0 bridgehead atoms. The average molecular weight is 144 g/mol. The lowest BCUT2D eigenvalue weighted by molar-refractivity contribution is 0.527. The Morgan fingerprint density at radius 3 is 2.89 bits per heavy atom. The molecule has 0 radical (unpaired) electrons. The lowest BCUT2D eigenvalue weighted by Crippen LogP contribution is -1.87. The van der Waals surface area contributed by atoms with Gasteiger partial charge in [0, 0.05) is 6.20 Å². The maximum atomic E-state index is 12.1. The molecule has 4 heteroatoms. The zero-order chi connectivity index (χ0) is 6.69. The normalized spacial score (nSPS) is 9.56. The van der Waals surface area contributed by atoms with E-state index in [9.17, 15) is 4.39 Å². The number of thioether (sulfide) groups is 1. The molecule has 0 saturated heterocycles. The van der Waals surface area contributed by atoms with E-state index in [0.29, 0.717) is 5.03 Å². The summed E-state index contributed by atoms with van der Waals surface area (Å²) in [6, 6.07) is 1.66. The van der Waals surface area contributed by atoms with E-state index in [1.165, 1.54) is 18.0 Å². The second-order valence-corrected chi connectivity index (χ2v) is 2.19. The lowest BCUT2D eigenvalue weighted by Gasteiger charge is -1.90. The molecule has 1 heterocycles. The number of rotatable bonds is 1. The van der Waals surface area contributed by atoms with Crippen LogP contribution in [0.5, 0.6) is 0 Å². The first-order valence-electron chi connectivity index (χ1n) is 2.35. The largest absolute Gasteiger partial charge is 0.309 e. The molecule has 0 aliphatic heterocycles. The fourth-order valence-electron chi connectivity index (χ4n) is 0.433. The monoisotopic (exact) mass is 144 g/mol. The summed E-state index contributed by atoms with van der Waals surface area (Å²) in [6.07, 6.45) is 2.57. The molecule has 0 aliphatic carbocycles. The van der Waals surface area contributed by atoms with Crippen molar-refractivity contribution >= 4 is 11.8 Å². The third kappa shape index (κ3) is 1.64. The topological polar surface area (TPSA) is 25.8 Å². The second-order valence-electron chi connectivity index (χ2n) is 1.37. The Balaban J connectivity index is 2.94. The fraction of sp³-hybridized carbons (Fsp3) is 0.200. The van der Waals surface area contributed by atoms with E-state index in [2.05, 4.69) is 9.97 Å². The molecule has 48 valence electrons. The van der Waals surface area contributed by atoms with Crippen LogP contribution in [-0.2, 0) is 0 Å². The van der Waals surface area contributed by atoms with Crippen LogP contribution in [-0.4, -0.2) is 16.2 Å². The van der Waals surface area contributed by atoms with E-state index in [0.717, 1.165) is 0 Å². The summed E-state index contributed by atoms with van der Waals surface area (Å²) in [5.41, 5.74) is 0.